The summed E-state index contributed by atoms with van der Waals surface area (Å²) < 4.78 is 32.9. The minimum Gasteiger partial charge on any atom is -0.379 e. The van der Waals surface area contributed by atoms with Crippen molar-refractivity contribution in [3.8, 4) is 5.75 Å². The number of hydrogen-bond acceptors (Lipinski definition) is 4. The van der Waals surface area contributed by atoms with Crippen LogP contribution >= 0.6 is 11.6 Å². The molecule has 0 aliphatic rings. The van der Waals surface area contributed by atoms with Gasteiger partial charge in [0.1, 0.15) is 5.75 Å². The number of benzene rings is 2. The topological polar surface area (TPSA) is 52.6 Å². The van der Waals surface area contributed by atoms with E-state index in [-0.39, 0.29) is 0 Å². The average molecular weight is 317 g/mol. The van der Waals surface area contributed by atoms with E-state index >= 15 is 0 Å². The van der Waals surface area contributed by atoms with Crippen LogP contribution in [0.5, 0.6) is 5.75 Å². The average Bonchev–Trinajstić information content (AvgIpc) is 2.42. The fourth-order valence-corrected chi connectivity index (χ4v) is 2.81. The van der Waals surface area contributed by atoms with Crippen LogP contribution in [0, 0.1) is 0 Å². The Balaban J connectivity index is 1.95. The lowest BCUT2D eigenvalue weighted by Crippen LogP contribution is -2.07. The van der Waals surface area contributed by atoms with Crippen LogP contribution in [0.3, 0.4) is 0 Å². The standard InChI is InChI=1S/C12H9ClO4S2/c13-10-6-8-11(9-7-10)16-19(15)17-18(14)12-4-2-1-3-5-12/h1-9H. The Hall–Kier alpha value is -1.21. The van der Waals surface area contributed by atoms with E-state index in [1.165, 1.54) is 12.1 Å². The van der Waals surface area contributed by atoms with E-state index in [2.05, 4.69) is 0 Å². The first-order chi connectivity index (χ1) is 9.15. The van der Waals surface area contributed by atoms with Crippen LogP contribution < -0.4 is 4.18 Å². The molecule has 0 amide bonds. The zero-order chi connectivity index (χ0) is 13.7. The molecule has 0 heterocycles. The smallest absolute Gasteiger partial charge is 0.374 e. The second kappa shape index (κ2) is 6.81. The Morgan fingerprint density at radius 3 is 2.16 bits per heavy atom. The third-order valence-corrected chi connectivity index (χ3v) is 4.21. The molecule has 0 aromatic heterocycles. The Morgan fingerprint density at radius 2 is 1.53 bits per heavy atom. The largest absolute Gasteiger partial charge is 0.379 e. The van der Waals surface area contributed by atoms with Crippen molar-refractivity contribution < 1.29 is 16.2 Å². The maximum absolute atomic E-state index is 11.7. The lowest BCUT2D eigenvalue weighted by atomic mass is 10.3. The van der Waals surface area contributed by atoms with Crippen LogP contribution in [0.15, 0.2) is 59.5 Å². The van der Waals surface area contributed by atoms with Gasteiger partial charge in [0.25, 0.3) is 0 Å². The zero-order valence-electron chi connectivity index (χ0n) is 9.52. The third-order valence-electron chi connectivity index (χ3n) is 2.03. The van der Waals surface area contributed by atoms with Gasteiger partial charge in [-0.2, -0.15) is 7.84 Å². The molecule has 0 saturated heterocycles. The minimum absolute atomic E-state index is 0.313. The zero-order valence-corrected chi connectivity index (χ0v) is 11.9. The third kappa shape index (κ3) is 4.43. The number of rotatable bonds is 5. The van der Waals surface area contributed by atoms with E-state index < -0.39 is 22.4 Å². The van der Waals surface area contributed by atoms with Crippen LogP contribution in [0.2, 0.25) is 5.02 Å². The van der Waals surface area contributed by atoms with Crippen LogP contribution in [0.4, 0.5) is 0 Å². The van der Waals surface area contributed by atoms with Crippen molar-refractivity contribution in [3.63, 3.8) is 0 Å². The molecule has 2 unspecified atom stereocenters. The van der Waals surface area contributed by atoms with E-state index in [0.717, 1.165) is 0 Å². The summed E-state index contributed by atoms with van der Waals surface area (Å²) in [6.45, 7) is 0. The second-order valence-corrected chi connectivity index (χ2v) is 5.85. The predicted octanol–water partition coefficient (Wildman–Crippen LogP) is 3.04. The molecule has 2 aromatic rings. The van der Waals surface area contributed by atoms with E-state index in [4.69, 9.17) is 19.4 Å². The van der Waals surface area contributed by atoms with Gasteiger partial charge in [0.2, 0.25) is 11.1 Å². The van der Waals surface area contributed by atoms with Gasteiger partial charge in [0.15, 0.2) is 0 Å². The minimum atomic E-state index is -2.15. The van der Waals surface area contributed by atoms with Gasteiger partial charge in [-0.3, -0.25) is 0 Å². The van der Waals surface area contributed by atoms with Gasteiger partial charge in [0, 0.05) is 5.02 Å². The molecule has 100 valence electrons. The summed E-state index contributed by atoms with van der Waals surface area (Å²) in [4.78, 5) is 0.413. The highest BCUT2D eigenvalue weighted by Crippen LogP contribution is 2.17. The van der Waals surface area contributed by atoms with Crippen molar-refractivity contribution >= 4 is 34.0 Å². The molecule has 0 bridgehead atoms. The van der Waals surface area contributed by atoms with Crippen LogP contribution in [-0.2, 0) is 26.1 Å². The highest BCUT2D eigenvalue weighted by molar-refractivity contribution is 7.91. The Kier molecular flexibility index (Phi) is 5.09. The predicted molar refractivity (Wildman–Crippen MR) is 74.2 cm³/mol. The summed E-state index contributed by atoms with van der Waals surface area (Å²) in [6.07, 6.45) is 0. The summed E-state index contributed by atoms with van der Waals surface area (Å²) in [5.41, 5.74) is 0. The van der Waals surface area contributed by atoms with Crippen molar-refractivity contribution in [2.24, 2.45) is 0 Å². The summed E-state index contributed by atoms with van der Waals surface area (Å²) in [5, 5.41) is 0.534. The quantitative estimate of drug-likeness (QED) is 0.851. The van der Waals surface area contributed by atoms with Gasteiger partial charge in [-0.25, -0.2) is 4.21 Å². The Bertz CT molecular complexity index is 586. The number of halogens is 1. The van der Waals surface area contributed by atoms with E-state index in [0.29, 0.717) is 15.7 Å². The summed E-state index contributed by atoms with van der Waals surface area (Å²) in [6, 6.07) is 14.7. The molecule has 0 aliphatic carbocycles. The lowest BCUT2D eigenvalue weighted by Gasteiger charge is -2.04. The van der Waals surface area contributed by atoms with Crippen molar-refractivity contribution in [2.45, 2.75) is 4.90 Å². The SMILES string of the molecule is O=S(Oc1ccc(Cl)cc1)OS(=O)c1ccccc1. The maximum atomic E-state index is 11.7. The normalized spacial score (nSPS) is 13.7. The van der Waals surface area contributed by atoms with Gasteiger partial charge in [-0.05, 0) is 36.4 Å². The van der Waals surface area contributed by atoms with Crippen molar-refractivity contribution in [1.29, 1.82) is 0 Å². The monoisotopic (exact) mass is 316 g/mol. The van der Waals surface area contributed by atoms with Crippen LogP contribution in [-0.4, -0.2) is 8.42 Å². The molecule has 0 N–H and O–H groups in total. The molecule has 2 atom stereocenters. The molecule has 4 nitrogen and oxygen atoms in total. The fraction of sp³-hybridized carbons (Fsp3) is 0. The summed E-state index contributed by atoms with van der Waals surface area (Å²) in [5.74, 6) is 0.313. The first-order valence-electron chi connectivity index (χ1n) is 5.16. The Labute approximate surface area is 120 Å². The molecular formula is C12H9ClO4S2. The summed E-state index contributed by atoms with van der Waals surface area (Å²) >= 11 is 1.71. The molecule has 19 heavy (non-hydrogen) atoms. The molecule has 7 heteroatoms. The van der Waals surface area contributed by atoms with Crippen molar-refractivity contribution in [1.82, 2.24) is 0 Å². The van der Waals surface area contributed by atoms with Gasteiger partial charge in [-0.1, -0.05) is 29.8 Å². The fourth-order valence-electron chi connectivity index (χ4n) is 1.20. The first-order valence-corrected chi connectivity index (χ1v) is 7.62. The van der Waals surface area contributed by atoms with Gasteiger partial charge in [0.05, 0.1) is 4.90 Å². The van der Waals surface area contributed by atoms with Gasteiger partial charge < -0.3 is 4.18 Å². The molecular weight excluding hydrogens is 308 g/mol. The van der Waals surface area contributed by atoms with Crippen LogP contribution in [0.25, 0.3) is 0 Å². The van der Waals surface area contributed by atoms with Crippen molar-refractivity contribution in [3.05, 3.63) is 59.6 Å². The molecule has 0 saturated carbocycles. The molecule has 0 spiro atoms. The molecule has 0 radical (unpaired) electrons. The Morgan fingerprint density at radius 1 is 0.895 bits per heavy atom. The van der Waals surface area contributed by atoms with Gasteiger partial charge >= 0.3 is 11.4 Å². The first kappa shape index (κ1) is 14.2. The van der Waals surface area contributed by atoms with Crippen LogP contribution in [0.1, 0.15) is 0 Å². The van der Waals surface area contributed by atoms with Gasteiger partial charge in [-0.15, -0.1) is 0 Å². The summed E-state index contributed by atoms with van der Waals surface area (Å²) in [7, 11) is 0. The second-order valence-electron chi connectivity index (χ2n) is 3.36. The van der Waals surface area contributed by atoms with E-state index in [1.807, 2.05) is 0 Å². The molecule has 2 aromatic carbocycles. The maximum Gasteiger partial charge on any atom is 0.374 e. The lowest BCUT2D eigenvalue weighted by molar-refractivity contribution is 0.473. The highest BCUT2D eigenvalue weighted by Gasteiger charge is 2.11. The van der Waals surface area contributed by atoms with Crippen molar-refractivity contribution in [2.75, 3.05) is 0 Å². The number of hydrogen-bond donors (Lipinski definition) is 0. The molecule has 2 rings (SSSR count). The highest BCUT2D eigenvalue weighted by atomic mass is 35.5. The molecule has 0 aliphatic heterocycles. The molecule has 0 fully saturated rings. The van der Waals surface area contributed by atoms with E-state index in [1.54, 1.807) is 42.5 Å². The van der Waals surface area contributed by atoms with E-state index in [9.17, 15) is 8.42 Å².